The first-order chi connectivity index (χ1) is 11.5. The molecule has 5 heteroatoms. The Balaban J connectivity index is 1.73. The molecule has 5 nitrogen and oxygen atoms in total. The molecule has 1 saturated heterocycles. The van der Waals surface area contributed by atoms with E-state index in [0.717, 1.165) is 18.8 Å². The second kappa shape index (κ2) is 6.96. The standard InChI is InChI=1S/C19H23N3O2/c1-13-4-6-16(7-5-13)23-12-18-21-17(9-20)19(24-18)22-10-14(2)8-15(3)11-22/h4-7,14-15H,8,10-12H2,1-3H3/t14-,15-/m1/s1. The van der Waals surface area contributed by atoms with Crippen molar-refractivity contribution in [2.75, 3.05) is 18.0 Å². The smallest absolute Gasteiger partial charge is 0.236 e. The largest absolute Gasteiger partial charge is 0.484 e. The molecule has 3 rings (SSSR count). The molecule has 1 fully saturated rings. The van der Waals surface area contributed by atoms with E-state index in [1.54, 1.807) is 0 Å². The lowest BCUT2D eigenvalue weighted by Crippen LogP contribution is -2.38. The Morgan fingerprint density at radius 2 is 1.92 bits per heavy atom. The van der Waals surface area contributed by atoms with Gasteiger partial charge in [-0.1, -0.05) is 31.5 Å². The van der Waals surface area contributed by atoms with Gasteiger partial charge in [-0.15, -0.1) is 0 Å². The van der Waals surface area contributed by atoms with Crippen LogP contribution in [0.3, 0.4) is 0 Å². The molecule has 0 bridgehead atoms. The maximum atomic E-state index is 9.37. The second-order valence-corrected chi connectivity index (χ2v) is 6.83. The van der Waals surface area contributed by atoms with E-state index in [1.165, 1.54) is 12.0 Å². The van der Waals surface area contributed by atoms with Gasteiger partial charge in [0.15, 0.2) is 6.61 Å². The van der Waals surface area contributed by atoms with Gasteiger partial charge < -0.3 is 14.1 Å². The molecule has 1 aromatic carbocycles. The van der Waals surface area contributed by atoms with Gasteiger partial charge >= 0.3 is 0 Å². The molecule has 0 spiro atoms. The molecule has 24 heavy (non-hydrogen) atoms. The number of benzene rings is 1. The molecule has 0 aliphatic carbocycles. The monoisotopic (exact) mass is 325 g/mol. The van der Waals surface area contributed by atoms with Crippen LogP contribution in [0.1, 0.15) is 37.4 Å². The summed E-state index contributed by atoms with van der Waals surface area (Å²) in [5, 5.41) is 9.37. The molecule has 0 unspecified atom stereocenters. The highest BCUT2D eigenvalue weighted by Gasteiger charge is 2.27. The van der Waals surface area contributed by atoms with Crippen LogP contribution < -0.4 is 9.64 Å². The number of ether oxygens (including phenoxy) is 1. The lowest BCUT2D eigenvalue weighted by molar-refractivity contribution is 0.260. The number of aromatic nitrogens is 1. The third kappa shape index (κ3) is 3.70. The van der Waals surface area contributed by atoms with Gasteiger partial charge in [0.25, 0.3) is 0 Å². The number of nitriles is 1. The van der Waals surface area contributed by atoms with Crippen LogP contribution in [0.15, 0.2) is 28.7 Å². The lowest BCUT2D eigenvalue weighted by Gasteiger charge is -2.34. The zero-order valence-corrected chi connectivity index (χ0v) is 14.5. The molecule has 2 atom stereocenters. The molecule has 126 valence electrons. The average Bonchev–Trinajstić information content (AvgIpc) is 2.97. The van der Waals surface area contributed by atoms with Crippen LogP contribution in [0.5, 0.6) is 5.75 Å². The van der Waals surface area contributed by atoms with Crippen molar-refractivity contribution in [3.05, 3.63) is 41.4 Å². The maximum absolute atomic E-state index is 9.37. The van der Waals surface area contributed by atoms with E-state index in [-0.39, 0.29) is 6.61 Å². The van der Waals surface area contributed by atoms with E-state index in [9.17, 15) is 5.26 Å². The highest BCUT2D eigenvalue weighted by molar-refractivity contribution is 5.48. The van der Waals surface area contributed by atoms with Gasteiger partial charge in [-0.3, -0.25) is 0 Å². The number of piperidine rings is 1. The topological polar surface area (TPSA) is 62.3 Å². The first-order valence-electron chi connectivity index (χ1n) is 8.39. The summed E-state index contributed by atoms with van der Waals surface area (Å²) >= 11 is 0. The highest BCUT2D eigenvalue weighted by atomic mass is 16.5. The van der Waals surface area contributed by atoms with E-state index < -0.39 is 0 Å². The van der Waals surface area contributed by atoms with E-state index in [2.05, 4.69) is 29.8 Å². The van der Waals surface area contributed by atoms with Gasteiger partial charge in [0.1, 0.15) is 11.8 Å². The Morgan fingerprint density at radius 3 is 2.54 bits per heavy atom. The Kier molecular flexibility index (Phi) is 4.75. The molecule has 0 N–H and O–H groups in total. The predicted octanol–water partition coefficient (Wildman–Crippen LogP) is 3.92. The van der Waals surface area contributed by atoms with Gasteiger partial charge in [-0.2, -0.15) is 10.2 Å². The molecule has 0 saturated carbocycles. The Bertz CT molecular complexity index is 720. The molecule has 2 aromatic rings. The second-order valence-electron chi connectivity index (χ2n) is 6.83. The predicted molar refractivity (Wildman–Crippen MR) is 91.9 cm³/mol. The summed E-state index contributed by atoms with van der Waals surface area (Å²) in [5.74, 6) is 2.95. The van der Waals surface area contributed by atoms with Gasteiger partial charge in [-0.05, 0) is 37.3 Å². The minimum absolute atomic E-state index is 0.219. The van der Waals surface area contributed by atoms with Crippen molar-refractivity contribution in [2.24, 2.45) is 11.8 Å². The van der Waals surface area contributed by atoms with Crippen LogP contribution in [-0.4, -0.2) is 18.1 Å². The highest BCUT2D eigenvalue weighted by Crippen LogP contribution is 2.29. The molecular formula is C19H23N3O2. The van der Waals surface area contributed by atoms with Crippen LogP contribution in [0, 0.1) is 30.1 Å². The fourth-order valence-electron chi connectivity index (χ4n) is 3.31. The number of hydrogen-bond acceptors (Lipinski definition) is 5. The normalized spacial score (nSPS) is 20.7. The minimum Gasteiger partial charge on any atom is -0.484 e. The van der Waals surface area contributed by atoms with Crippen LogP contribution >= 0.6 is 0 Å². The van der Waals surface area contributed by atoms with Crippen LogP contribution in [0.4, 0.5) is 5.88 Å². The average molecular weight is 325 g/mol. The maximum Gasteiger partial charge on any atom is 0.236 e. The molecule has 0 amide bonds. The van der Waals surface area contributed by atoms with Crippen molar-refractivity contribution in [1.82, 2.24) is 4.98 Å². The third-order valence-electron chi connectivity index (χ3n) is 4.30. The number of nitrogens with zero attached hydrogens (tertiary/aromatic N) is 3. The lowest BCUT2D eigenvalue weighted by atomic mass is 9.92. The summed E-state index contributed by atoms with van der Waals surface area (Å²) in [6.07, 6.45) is 1.20. The first kappa shape index (κ1) is 16.4. The van der Waals surface area contributed by atoms with Crippen molar-refractivity contribution < 1.29 is 9.15 Å². The first-order valence-corrected chi connectivity index (χ1v) is 8.39. The Labute approximate surface area is 142 Å². The minimum atomic E-state index is 0.219. The number of hydrogen-bond donors (Lipinski definition) is 0. The quantitative estimate of drug-likeness (QED) is 0.852. The number of aryl methyl sites for hydroxylation is 1. The molecule has 1 aliphatic heterocycles. The van der Waals surface area contributed by atoms with Gasteiger partial charge in [0.2, 0.25) is 17.5 Å². The zero-order chi connectivity index (χ0) is 17.1. The van der Waals surface area contributed by atoms with E-state index in [4.69, 9.17) is 9.15 Å². The van der Waals surface area contributed by atoms with Gasteiger partial charge in [-0.25, -0.2) is 0 Å². The summed E-state index contributed by atoms with van der Waals surface area (Å²) in [5.41, 5.74) is 1.53. The molecule has 0 radical (unpaired) electrons. The van der Waals surface area contributed by atoms with Crippen molar-refractivity contribution >= 4 is 5.88 Å². The van der Waals surface area contributed by atoms with Gasteiger partial charge in [0.05, 0.1) is 0 Å². The fourth-order valence-corrected chi connectivity index (χ4v) is 3.31. The summed E-state index contributed by atoms with van der Waals surface area (Å²) in [6, 6.07) is 9.96. The summed E-state index contributed by atoms with van der Waals surface area (Å²) in [6.45, 7) is 8.50. The summed E-state index contributed by atoms with van der Waals surface area (Å²) < 4.78 is 11.6. The zero-order valence-electron chi connectivity index (χ0n) is 14.5. The summed E-state index contributed by atoms with van der Waals surface area (Å²) in [7, 11) is 0. The van der Waals surface area contributed by atoms with Crippen LogP contribution in [-0.2, 0) is 6.61 Å². The van der Waals surface area contributed by atoms with E-state index in [1.807, 2.05) is 31.2 Å². The number of rotatable bonds is 4. The Morgan fingerprint density at radius 1 is 1.25 bits per heavy atom. The fraction of sp³-hybridized carbons (Fsp3) is 0.474. The van der Waals surface area contributed by atoms with Crippen molar-refractivity contribution in [1.29, 1.82) is 5.26 Å². The number of anilines is 1. The van der Waals surface area contributed by atoms with Crippen molar-refractivity contribution in [2.45, 2.75) is 33.8 Å². The van der Waals surface area contributed by atoms with Crippen LogP contribution in [0.2, 0.25) is 0 Å². The van der Waals surface area contributed by atoms with Crippen molar-refractivity contribution in [3.63, 3.8) is 0 Å². The van der Waals surface area contributed by atoms with Crippen LogP contribution in [0.25, 0.3) is 0 Å². The van der Waals surface area contributed by atoms with Crippen molar-refractivity contribution in [3.8, 4) is 11.8 Å². The Hall–Kier alpha value is -2.48. The SMILES string of the molecule is Cc1ccc(OCc2nc(C#N)c(N3C[C@H](C)C[C@@H](C)C3)o2)cc1. The summed E-state index contributed by atoms with van der Waals surface area (Å²) in [4.78, 5) is 6.43. The number of oxazole rings is 1. The van der Waals surface area contributed by atoms with Gasteiger partial charge in [0, 0.05) is 13.1 Å². The van der Waals surface area contributed by atoms with E-state index in [0.29, 0.717) is 29.3 Å². The molecule has 1 aromatic heterocycles. The molecule has 1 aliphatic rings. The molecule has 2 heterocycles. The van der Waals surface area contributed by atoms with E-state index >= 15 is 0 Å². The third-order valence-corrected chi connectivity index (χ3v) is 4.30. The molecular weight excluding hydrogens is 302 g/mol.